The van der Waals surface area contributed by atoms with E-state index in [0.29, 0.717) is 6.04 Å². The molecule has 0 saturated carbocycles. The zero-order chi connectivity index (χ0) is 14.8. The number of rotatable bonds is 4. The molecule has 2 unspecified atom stereocenters. The van der Waals surface area contributed by atoms with Gasteiger partial charge in [-0.05, 0) is 49.9 Å². The summed E-state index contributed by atoms with van der Waals surface area (Å²) in [6, 6.07) is 6.42. The lowest BCUT2D eigenvalue weighted by molar-refractivity contribution is 0.286. The topological polar surface area (TPSA) is 29.9 Å². The maximum Gasteiger partial charge on any atom is 0.127 e. The molecule has 1 N–H and O–H groups in total. The van der Waals surface area contributed by atoms with Crippen molar-refractivity contribution in [2.75, 3.05) is 6.54 Å². The van der Waals surface area contributed by atoms with Crippen LogP contribution >= 0.6 is 11.6 Å². The highest BCUT2D eigenvalue weighted by Gasteiger charge is 2.26. The lowest BCUT2D eigenvalue weighted by Gasteiger charge is -2.29. The van der Waals surface area contributed by atoms with Gasteiger partial charge in [-0.1, -0.05) is 31.9 Å². The zero-order valence-electron chi connectivity index (χ0n) is 12.9. The van der Waals surface area contributed by atoms with E-state index < -0.39 is 0 Å². The molecule has 0 bridgehead atoms. The highest BCUT2D eigenvalue weighted by atomic mass is 35.5. The molecule has 2 aromatic rings. The number of imidazole rings is 1. The van der Waals surface area contributed by atoms with Crippen LogP contribution in [0.2, 0.25) is 5.02 Å². The molecule has 1 aromatic carbocycles. The van der Waals surface area contributed by atoms with Crippen LogP contribution in [0, 0.1) is 5.92 Å². The fourth-order valence-corrected chi connectivity index (χ4v) is 3.58. The quantitative estimate of drug-likeness (QED) is 0.898. The van der Waals surface area contributed by atoms with Gasteiger partial charge in [-0.25, -0.2) is 4.98 Å². The Labute approximate surface area is 131 Å². The van der Waals surface area contributed by atoms with Crippen molar-refractivity contribution >= 4 is 22.6 Å². The van der Waals surface area contributed by atoms with Gasteiger partial charge in [0.25, 0.3) is 0 Å². The number of benzene rings is 1. The monoisotopic (exact) mass is 305 g/mol. The Bertz CT molecular complexity index is 620. The van der Waals surface area contributed by atoms with Crippen LogP contribution in [0.3, 0.4) is 0 Å². The average molecular weight is 306 g/mol. The molecule has 21 heavy (non-hydrogen) atoms. The zero-order valence-corrected chi connectivity index (χ0v) is 13.7. The Morgan fingerprint density at radius 1 is 1.38 bits per heavy atom. The largest absolute Gasteiger partial charge is 0.327 e. The van der Waals surface area contributed by atoms with Crippen molar-refractivity contribution in [2.45, 2.75) is 52.1 Å². The number of hydrogen-bond acceptors (Lipinski definition) is 2. The van der Waals surface area contributed by atoms with Crippen LogP contribution in [-0.2, 0) is 6.54 Å². The lowest BCUT2D eigenvalue weighted by atomic mass is 9.90. The van der Waals surface area contributed by atoms with Crippen LogP contribution in [0.25, 0.3) is 11.0 Å². The van der Waals surface area contributed by atoms with E-state index in [-0.39, 0.29) is 0 Å². The van der Waals surface area contributed by atoms with Crippen LogP contribution in [0.1, 0.15) is 51.4 Å². The van der Waals surface area contributed by atoms with Crippen molar-refractivity contribution < 1.29 is 0 Å². The van der Waals surface area contributed by atoms with E-state index in [2.05, 4.69) is 29.8 Å². The van der Waals surface area contributed by atoms with Gasteiger partial charge in [-0.3, -0.25) is 0 Å². The van der Waals surface area contributed by atoms with Crippen LogP contribution in [0.5, 0.6) is 0 Å². The van der Waals surface area contributed by atoms with E-state index in [1.165, 1.54) is 30.6 Å². The summed E-state index contributed by atoms with van der Waals surface area (Å²) in [6.07, 6.45) is 4.85. The first-order valence-electron chi connectivity index (χ1n) is 8.12. The molecule has 2 atom stereocenters. The molecule has 2 heterocycles. The van der Waals surface area contributed by atoms with Crippen molar-refractivity contribution in [3.05, 3.63) is 29.0 Å². The van der Waals surface area contributed by atoms with E-state index in [1.807, 2.05) is 12.1 Å². The average Bonchev–Trinajstić information content (AvgIpc) is 2.85. The Morgan fingerprint density at radius 2 is 2.24 bits per heavy atom. The van der Waals surface area contributed by atoms with Crippen LogP contribution in [0.15, 0.2) is 18.2 Å². The molecule has 1 fully saturated rings. The van der Waals surface area contributed by atoms with Gasteiger partial charge in [0, 0.05) is 11.6 Å². The number of fused-ring (bicyclic) bond motifs is 1. The molecular weight excluding hydrogens is 282 g/mol. The molecule has 0 amide bonds. The Morgan fingerprint density at radius 3 is 3.00 bits per heavy atom. The summed E-state index contributed by atoms with van der Waals surface area (Å²) in [4.78, 5) is 4.90. The second-order valence-electron chi connectivity index (χ2n) is 6.06. The predicted octanol–water partition coefficient (Wildman–Crippen LogP) is 4.55. The first-order valence-corrected chi connectivity index (χ1v) is 8.49. The minimum atomic E-state index is 0.376. The van der Waals surface area contributed by atoms with Gasteiger partial charge in [0.1, 0.15) is 5.82 Å². The molecule has 4 heteroatoms. The number of hydrogen-bond donors (Lipinski definition) is 1. The third-order valence-electron chi connectivity index (χ3n) is 4.59. The van der Waals surface area contributed by atoms with Gasteiger partial charge in [0.05, 0.1) is 17.1 Å². The maximum atomic E-state index is 6.12. The smallest absolute Gasteiger partial charge is 0.127 e. The molecule has 0 spiro atoms. The van der Waals surface area contributed by atoms with Gasteiger partial charge in [0.15, 0.2) is 0 Å². The third-order valence-corrected chi connectivity index (χ3v) is 4.82. The van der Waals surface area contributed by atoms with Gasteiger partial charge in [-0.2, -0.15) is 0 Å². The molecule has 114 valence electrons. The number of aryl methyl sites for hydroxylation is 1. The minimum Gasteiger partial charge on any atom is -0.327 e. The van der Waals surface area contributed by atoms with Gasteiger partial charge in [0.2, 0.25) is 0 Å². The molecule has 3 rings (SSSR count). The van der Waals surface area contributed by atoms with Crippen LogP contribution < -0.4 is 5.32 Å². The molecule has 0 radical (unpaired) electrons. The molecule has 1 saturated heterocycles. The number of nitrogens with one attached hydrogen (secondary N) is 1. The fourth-order valence-electron chi connectivity index (χ4n) is 3.41. The molecular formula is C17H24ClN3. The Balaban J connectivity index is 2.01. The summed E-state index contributed by atoms with van der Waals surface area (Å²) < 4.78 is 2.38. The summed E-state index contributed by atoms with van der Waals surface area (Å²) in [5, 5.41) is 4.42. The van der Waals surface area contributed by atoms with Crippen molar-refractivity contribution in [1.82, 2.24) is 14.9 Å². The summed E-state index contributed by atoms with van der Waals surface area (Å²) >= 11 is 6.12. The standard InChI is InChI=1S/C17H24ClN3/c1-3-9-21-16-6-5-13(18)11-14(16)20-17(21)15-10-12(4-2)7-8-19-15/h5-6,11-12,15,19H,3-4,7-10H2,1-2H3. The number of halogens is 1. The lowest BCUT2D eigenvalue weighted by Crippen LogP contribution is -2.33. The summed E-state index contributed by atoms with van der Waals surface area (Å²) in [7, 11) is 0. The van der Waals surface area contributed by atoms with Gasteiger partial charge < -0.3 is 9.88 Å². The molecule has 1 aliphatic heterocycles. The second kappa shape index (κ2) is 6.37. The molecule has 1 aliphatic rings. The second-order valence-corrected chi connectivity index (χ2v) is 6.50. The van der Waals surface area contributed by atoms with Crippen LogP contribution in [0.4, 0.5) is 0 Å². The summed E-state index contributed by atoms with van der Waals surface area (Å²) in [6.45, 7) is 6.62. The van der Waals surface area contributed by atoms with E-state index in [1.54, 1.807) is 0 Å². The van der Waals surface area contributed by atoms with E-state index in [0.717, 1.165) is 36.0 Å². The minimum absolute atomic E-state index is 0.376. The molecule has 1 aromatic heterocycles. The predicted molar refractivity (Wildman–Crippen MR) is 88.8 cm³/mol. The van der Waals surface area contributed by atoms with E-state index >= 15 is 0 Å². The van der Waals surface area contributed by atoms with Gasteiger partial charge in [-0.15, -0.1) is 0 Å². The van der Waals surface area contributed by atoms with Crippen molar-refractivity contribution in [3.63, 3.8) is 0 Å². The number of piperidine rings is 1. The highest BCUT2D eigenvalue weighted by Crippen LogP contribution is 2.31. The first-order chi connectivity index (χ1) is 10.2. The Hall–Kier alpha value is -1.06. The normalized spacial score (nSPS) is 22.8. The molecule has 0 aliphatic carbocycles. The fraction of sp³-hybridized carbons (Fsp3) is 0.588. The number of nitrogens with zero attached hydrogens (tertiary/aromatic N) is 2. The van der Waals surface area contributed by atoms with E-state index in [4.69, 9.17) is 16.6 Å². The Kier molecular flexibility index (Phi) is 4.51. The van der Waals surface area contributed by atoms with Crippen molar-refractivity contribution in [3.8, 4) is 0 Å². The maximum absolute atomic E-state index is 6.12. The summed E-state index contributed by atoms with van der Waals surface area (Å²) in [5.74, 6) is 2.00. The van der Waals surface area contributed by atoms with Crippen molar-refractivity contribution in [2.24, 2.45) is 5.92 Å². The summed E-state index contributed by atoms with van der Waals surface area (Å²) in [5.41, 5.74) is 2.23. The highest BCUT2D eigenvalue weighted by molar-refractivity contribution is 6.31. The van der Waals surface area contributed by atoms with Gasteiger partial charge >= 0.3 is 0 Å². The van der Waals surface area contributed by atoms with E-state index in [9.17, 15) is 0 Å². The SMILES string of the molecule is CCCn1c(C2CC(CC)CCN2)nc2cc(Cl)ccc21. The molecule has 3 nitrogen and oxygen atoms in total. The third kappa shape index (κ3) is 2.95. The number of aromatic nitrogens is 2. The van der Waals surface area contributed by atoms with Crippen LogP contribution in [-0.4, -0.2) is 16.1 Å². The van der Waals surface area contributed by atoms with Crippen molar-refractivity contribution in [1.29, 1.82) is 0 Å². The first kappa shape index (κ1) is 14.9.